The summed E-state index contributed by atoms with van der Waals surface area (Å²) in [6, 6.07) is 13.6. The SMILES string of the molecule is Cc1ccc(-n2nc3c(c2NC(=O)c2ccccc2I)C[S@@](=O)C3)c(C)c1. The van der Waals surface area contributed by atoms with E-state index in [9.17, 15) is 9.00 Å². The van der Waals surface area contributed by atoms with Gasteiger partial charge in [0.2, 0.25) is 0 Å². The van der Waals surface area contributed by atoms with Crippen LogP contribution in [0.5, 0.6) is 0 Å². The number of rotatable bonds is 3. The predicted molar refractivity (Wildman–Crippen MR) is 116 cm³/mol. The predicted octanol–water partition coefficient (Wildman–Crippen LogP) is 4.11. The second-order valence-corrected chi connectivity index (χ2v) is 9.26. The zero-order valence-electron chi connectivity index (χ0n) is 15.0. The maximum Gasteiger partial charge on any atom is 0.257 e. The van der Waals surface area contributed by atoms with Gasteiger partial charge in [-0.15, -0.1) is 0 Å². The van der Waals surface area contributed by atoms with E-state index in [1.54, 1.807) is 10.7 Å². The van der Waals surface area contributed by atoms with E-state index < -0.39 is 10.8 Å². The molecule has 2 aromatic carbocycles. The van der Waals surface area contributed by atoms with E-state index in [-0.39, 0.29) is 5.91 Å². The number of halogens is 1. The Kier molecular flexibility index (Phi) is 4.90. The van der Waals surface area contributed by atoms with Crippen LogP contribution in [0.15, 0.2) is 42.5 Å². The van der Waals surface area contributed by atoms with Crippen molar-refractivity contribution in [2.75, 3.05) is 5.32 Å². The number of aryl methyl sites for hydroxylation is 2. The molecule has 0 bridgehead atoms. The second kappa shape index (κ2) is 7.20. The maximum absolute atomic E-state index is 12.9. The molecule has 0 radical (unpaired) electrons. The first-order valence-electron chi connectivity index (χ1n) is 8.53. The molecule has 5 nitrogen and oxygen atoms in total. The van der Waals surface area contributed by atoms with Crippen LogP contribution in [0, 0.1) is 17.4 Å². The van der Waals surface area contributed by atoms with Gasteiger partial charge in [-0.25, -0.2) is 4.68 Å². The van der Waals surface area contributed by atoms with Crippen LogP contribution >= 0.6 is 22.6 Å². The number of aromatic nitrogens is 2. The standard InChI is InChI=1S/C20H18IN3O2S/c1-12-7-8-18(13(2)9-12)24-19(15-10-27(26)11-17(15)23-24)22-20(25)14-5-3-4-6-16(14)21/h3-9H,10-11H2,1-2H3,(H,22,25)/t27-/m1/s1. The van der Waals surface area contributed by atoms with Gasteiger partial charge in [-0.1, -0.05) is 29.8 Å². The van der Waals surface area contributed by atoms with Crippen molar-refractivity contribution < 1.29 is 9.00 Å². The van der Waals surface area contributed by atoms with Crippen molar-refractivity contribution in [1.82, 2.24) is 9.78 Å². The molecule has 1 aromatic heterocycles. The maximum atomic E-state index is 12.9. The second-order valence-electron chi connectivity index (χ2n) is 6.64. The molecule has 3 aromatic rings. The molecule has 1 aliphatic rings. The summed E-state index contributed by atoms with van der Waals surface area (Å²) in [6.45, 7) is 4.07. The lowest BCUT2D eigenvalue weighted by Crippen LogP contribution is -2.18. The Labute approximate surface area is 173 Å². The summed E-state index contributed by atoms with van der Waals surface area (Å²) in [6.07, 6.45) is 0. The number of hydrogen-bond donors (Lipinski definition) is 1. The van der Waals surface area contributed by atoms with E-state index in [1.807, 2.05) is 44.2 Å². The van der Waals surface area contributed by atoms with Crippen molar-refractivity contribution in [3.8, 4) is 5.69 Å². The Morgan fingerprint density at radius 1 is 1.19 bits per heavy atom. The Morgan fingerprint density at radius 2 is 1.96 bits per heavy atom. The molecular formula is C20H18IN3O2S. The molecular weight excluding hydrogens is 473 g/mol. The highest BCUT2D eigenvalue weighted by Crippen LogP contribution is 2.32. The van der Waals surface area contributed by atoms with E-state index in [1.165, 1.54) is 5.56 Å². The fourth-order valence-corrected chi connectivity index (χ4v) is 5.19. The lowest BCUT2D eigenvalue weighted by Gasteiger charge is -2.14. The molecule has 0 spiro atoms. The van der Waals surface area contributed by atoms with Crippen LogP contribution in [0.4, 0.5) is 5.82 Å². The van der Waals surface area contributed by atoms with Gasteiger partial charge in [-0.3, -0.25) is 9.00 Å². The van der Waals surface area contributed by atoms with Crippen LogP contribution in [0.2, 0.25) is 0 Å². The molecule has 0 saturated heterocycles. The summed E-state index contributed by atoms with van der Waals surface area (Å²) >= 11 is 2.15. The molecule has 0 saturated carbocycles. The van der Waals surface area contributed by atoms with Gasteiger partial charge in [-0.2, -0.15) is 5.10 Å². The Bertz CT molecular complexity index is 1090. The quantitative estimate of drug-likeness (QED) is 0.562. The highest BCUT2D eigenvalue weighted by atomic mass is 127. The first-order valence-corrected chi connectivity index (χ1v) is 11.1. The van der Waals surface area contributed by atoms with Gasteiger partial charge in [0.25, 0.3) is 5.91 Å². The third-order valence-electron chi connectivity index (χ3n) is 4.60. The van der Waals surface area contributed by atoms with Crippen molar-refractivity contribution in [3.63, 3.8) is 0 Å². The van der Waals surface area contributed by atoms with Gasteiger partial charge in [0, 0.05) is 19.9 Å². The van der Waals surface area contributed by atoms with Gasteiger partial charge in [0.05, 0.1) is 28.5 Å². The molecule has 7 heteroatoms. The number of amides is 1. The molecule has 1 N–H and O–H groups in total. The van der Waals surface area contributed by atoms with Gasteiger partial charge in [-0.05, 0) is 60.2 Å². The van der Waals surface area contributed by atoms with Crippen LogP contribution in [-0.4, -0.2) is 19.9 Å². The van der Waals surface area contributed by atoms with Crippen LogP contribution in [0.3, 0.4) is 0 Å². The number of anilines is 1. The van der Waals surface area contributed by atoms with Gasteiger partial charge < -0.3 is 5.32 Å². The van der Waals surface area contributed by atoms with Gasteiger partial charge >= 0.3 is 0 Å². The largest absolute Gasteiger partial charge is 0.306 e. The van der Waals surface area contributed by atoms with Crippen molar-refractivity contribution in [1.29, 1.82) is 0 Å². The molecule has 2 heterocycles. The van der Waals surface area contributed by atoms with E-state index in [0.717, 1.165) is 26.1 Å². The zero-order chi connectivity index (χ0) is 19.1. The summed E-state index contributed by atoms with van der Waals surface area (Å²) in [5, 5.41) is 7.71. The number of hydrogen-bond acceptors (Lipinski definition) is 3. The summed E-state index contributed by atoms with van der Waals surface area (Å²) in [5.74, 6) is 1.28. The lowest BCUT2D eigenvalue weighted by atomic mass is 10.1. The van der Waals surface area contributed by atoms with Crippen molar-refractivity contribution in [2.45, 2.75) is 25.4 Å². The molecule has 1 atom stereocenters. The highest BCUT2D eigenvalue weighted by Gasteiger charge is 2.29. The summed E-state index contributed by atoms with van der Waals surface area (Å²) < 4.78 is 14.7. The molecule has 27 heavy (non-hydrogen) atoms. The number of carbonyl (C=O) groups is 1. The third-order valence-corrected chi connectivity index (χ3v) is 6.75. The molecule has 4 rings (SSSR count). The normalized spacial score (nSPS) is 15.6. The smallest absolute Gasteiger partial charge is 0.257 e. The van der Waals surface area contributed by atoms with Crippen LogP contribution in [0.25, 0.3) is 5.69 Å². The lowest BCUT2D eigenvalue weighted by molar-refractivity contribution is 0.102. The fourth-order valence-electron chi connectivity index (χ4n) is 3.29. The molecule has 1 amide bonds. The van der Waals surface area contributed by atoms with E-state index >= 15 is 0 Å². The van der Waals surface area contributed by atoms with Gasteiger partial charge in [0.1, 0.15) is 5.82 Å². The minimum atomic E-state index is -0.964. The summed E-state index contributed by atoms with van der Waals surface area (Å²) in [7, 11) is -0.964. The minimum absolute atomic E-state index is 0.189. The molecule has 0 fully saturated rings. The van der Waals surface area contributed by atoms with E-state index in [2.05, 4.69) is 39.1 Å². The Morgan fingerprint density at radius 3 is 2.70 bits per heavy atom. The number of fused-ring (bicyclic) bond motifs is 1. The first kappa shape index (κ1) is 18.4. The molecule has 0 aliphatic carbocycles. The minimum Gasteiger partial charge on any atom is -0.306 e. The monoisotopic (exact) mass is 491 g/mol. The van der Waals surface area contributed by atoms with Crippen LogP contribution < -0.4 is 5.32 Å². The molecule has 0 unspecified atom stereocenters. The Hall–Kier alpha value is -2.00. The average Bonchev–Trinajstić information content (AvgIpc) is 3.12. The number of nitrogens with zero attached hydrogens (tertiary/aromatic N) is 2. The van der Waals surface area contributed by atoms with Crippen molar-refractivity contribution in [3.05, 3.63) is 74.0 Å². The average molecular weight is 491 g/mol. The fraction of sp³-hybridized carbons (Fsp3) is 0.200. The highest BCUT2D eigenvalue weighted by molar-refractivity contribution is 14.1. The zero-order valence-corrected chi connectivity index (χ0v) is 17.9. The van der Waals surface area contributed by atoms with Gasteiger partial charge in [0.15, 0.2) is 0 Å². The molecule has 138 valence electrons. The van der Waals surface area contributed by atoms with E-state index in [4.69, 9.17) is 0 Å². The number of nitrogens with one attached hydrogen (secondary N) is 1. The topological polar surface area (TPSA) is 64.0 Å². The van der Waals surface area contributed by atoms with Crippen LogP contribution in [0.1, 0.15) is 32.7 Å². The summed E-state index contributed by atoms with van der Waals surface area (Å²) in [4.78, 5) is 12.9. The third kappa shape index (κ3) is 3.45. The Balaban J connectivity index is 1.80. The summed E-state index contributed by atoms with van der Waals surface area (Å²) in [5.41, 5.74) is 5.43. The number of benzene rings is 2. The first-order chi connectivity index (χ1) is 12.9. The number of carbonyl (C=O) groups excluding carboxylic acids is 1. The van der Waals surface area contributed by atoms with E-state index in [0.29, 0.717) is 22.9 Å². The van der Waals surface area contributed by atoms with Crippen LogP contribution in [-0.2, 0) is 22.3 Å². The van der Waals surface area contributed by atoms with Crippen molar-refractivity contribution >= 4 is 45.1 Å². The molecule has 1 aliphatic heterocycles. The van der Waals surface area contributed by atoms with Crippen molar-refractivity contribution in [2.24, 2.45) is 0 Å².